The fourth-order valence-corrected chi connectivity index (χ4v) is 4.63. The maximum absolute atomic E-state index is 13.0. The molecule has 2 unspecified atom stereocenters. The van der Waals surface area contributed by atoms with Crippen LogP contribution in [0.1, 0.15) is 49.4 Å². The van der Waals surface area contributed by atoms with E-state index >= 15 is 0 Å². The lowest BCUT2D eigenvalue weighted by atomic mass is 10.1. The van der Waals surface area contributed by atoms with Gasteiger partial charge in [0.2, 0.25) is 5.91 Å². The number of benzene rings is 1. The van der Waals surface area contributed by atoms with Gasteiger partial charge in [0.15, 0.2) is 5.82 Å². The first-order chi connectivity index (χ1) is 14.9. The van der Waals surface area contributed by atoms with E-state index in [0.717, 1.165) is 43.0 Å². The van der Waals surface area contributed by atoms with Crippen LogP contribution in [0.15, 0.2) is 24.3 Å². The van der Waals surface area contributed by atoms with Crippen molar-refractivity contribution in [1.29, 1.82) is 0 Å². The van der Waals surface area contributed by atoms with Gasteiger partial charge < -0.3 is 19.7 Å². The number of hydrogen-bond acceptors (Lipinski definition) is 4. The van der Waals surface area contributed by atoms with Crippen LogP contribution in [0.2, 0.25) is 5.02 Å². The van der Waals surface area contributed by atoms with Gasteiger partial charge in [0.1, 0.15) is 5.82 Å². The monoisotopic (exact) mass is 444 g/mol. The molecular weight excluding hydrogens is 416 g/mol. The van der Waals surface area contributed by atoms with Gasteiger partial charge >= 0.3 is 6.03 Å². The summed E-state index contributed by atoms with van der Waals surface area (Å²) in [5, 5.41) is 12.5. The van der Waals surface area contributed by atoms with Crippen LogP contribution >= 0.6 is 11.6 Å². The Labute approximate surface area is 187 Å². The summed E-state index contributed by atoms with van der Waals surface area (Å²) in [5.74, 6) is 2.06. The first-order valence-corrected chi connectivity index (χ1v) is 11.2. The van der Waals surface area contributed by atoms with Crippen LogP contribution < -0.4 is 5.32 Å². The molecule has 2 aliphatic heterocycles. The third-order valence-electron chi connectivity index (χ3n) is 6.30. The summed E-state index contributed by atoms with van der Waals surface area (Å²) in [5.41, 5.74) is 1.11. The molecule has 1 N–H and O–H groups in total. The second-order valence-corrected chi connectivity index (χ2v) is 8.91. The zero-order valence-electron chi connectivity index (χ0n) is 18.1. The molecular formula is C22H29ClN6O2. The maximum Gasteiger partial charge on any atom is 0.318 e. The zero-order valence-corrected chi connectivity index (χ0v) is 18.8. The molecule has 166 valence electrons. The average Bonchev–Trinajstić information content (AvgIpc) is 3.48. The largest absolute Gasteiger partial charge is 0.343 e. The minimum Gasteiger partial charge on any atom is -0.343 e. The molecule has 0 radical (unpaired) electrons. The number of halogens is 1. The van der Waals surface area contributed by atoms with E-state index in [4.69, 9.17) is 11.6 Å². The number of nitrogens with zero attached hydrogens (tertiary/aromatic N) is 5. The van der Waals surface area contributed by atoms with Gasteiger partial charge in [0.05, 0.1) is 12.6 Å². The molecule has 0 saturated carbocycles. The van der Waals surface area contributed by atoms with E-state index in [1.807, 2.05) is 41.0 Å². The number of amides is 3. The summed E-state index contributed by atoms with van der Waals surface area (Å²) >= 11 is 6.01. The number of aromatic nitrogens is 3. The summed E-state index contributed by atoms with van der Waals surface area (Å²) in [4.78, 5) is 28.2. The minimum atomic E-state index is -0.0919. The predicted octanol–water partition coefficient (Wildman–Crippen LogP) is 3.00. The quantitative estimate of drug-likeness (QED) is 0.768. The smallest absolute Gasteiger partial charge is 0.318 e. The Balaban J connectivity index is 1.42. The van der Waals surface area contributed by atoms with Gasteiger partial charge in [-0.3, -0.25) is 4.79 Å². The molecule has 0 bridgehead atoms. The van der Waals surface area contributed by atoms with Crippen molar-refractivity contribution in [2.45, 2.75) is 45.7 Å². The van der Waals surface area contributed by atoms with E-state index in [0.29, 0.717) is 37.1 Å². The third kappa shape index (κ3) is 4.84. The topological polar surface area (TPSA) is 83.4 Å². The Hall–Kier alpha value is -2.61. The van der Waals surface area contributed by atoms with Crippen molar-refractivity contribution in [2.24, 2.45) is 5.92 Å². The molecule has 2 fully saturated rings. The molecule has 2 aliphatic rings. The summed E-state index contributed by atoms with van der Waals surface area (Å²) in [7, 11) is 0. The molecule has 31 heavy (non-hydrogen) atoms. The van der Waals surface area contributed by atoms with Crippen molar-refractivity contribution in [3.63, 3.8) is 0 Å². The van der Waals surface area contributed by atoms with Crippen LogP contribution in [-0.2, 0) is 11.3 Å². The normalized spacial score (nSPS) is 21.0. The number of carbonyl (C=O) groups excluding carboxylic acids is 2. The first kappa shape index (κ1) is 21.6. The number of hydrogen-bond donors (Lipinski definition) is 1. The lowest BCUT2D eigenvalue weighted by molar-refractivity contribution is -0.127. The second-order valence-electron chi connectivity index (χ2n) is 8.48. The fourth-order valence-electron chi connectivity index (χ4n) is 4.51. The third-order valence-corrected chi connectivity index (χ3v) is 6.56. The van der Waals surface area contributed by atoms with Gasteiger partial charge in [0, 0.05) is 38.1 Å². The predicted molar refractivity (Wildman–Crippen MR) is 118 cm³/mol. The van der Waals surface area contributed by atoms with Crippen LogP contribution in [0, 0.1) is 12.8 Å². The number of carbonyl (C=O) groups is 2. The summed E-state index contributed by atoms with van der Waals surface area (Å²) in [6.45, 7) is 6.95. The Morgan fingerprint density at radius 3 is 2.65 bits per heavy atom. The van der Waals surface area contributed by atoms with Gasteiger partial charge in [-0.05, 0) is 49.8 Å². The van der Waals surface area contributed by atoms with E-state index in [2.05, 4.69) is 20.1 Å². The van der Waals surface area contributed by atoms with E-state index < -0.39 is 0 Å². The van der Waals surface area contributed by atoms with E-state index in [9.17, 15) is 9.59 Å². The lowest BCUT2D eigenvalue weighted by Crippen LogP contribution is -2.42. The van der Waals surface area contributed by atoms with Gasteiger partial charge in [0.25, 0.3) is 0 Å². The molecule has 2 aromatic rings. The maximum atomic E-state index is 13.0. The standard InChI is InChI=1S/C22H29ClN6O2/c1-15-25-26-21(29(15)14-17-5-7-19(23)8-6-17)20-4-3-10-28(20)22(31)24-12-18-9-11-27(13-18)16(2)30/h5-8,18,20H,3-4,9-14H2,1-2H3,(H,24,31). The Morgan fingerprint density at radius 1 is 1.16 bits per heavy atom. The Kier molecular flexibility index (Phi) is 6.46. The number of rotatable bonds is 5. The van der Waals surface area contributed by atoms with Crippen LogP contribution in [0.25, 0.3) is 0 Å². The highest BCUT2D eigenvalue weighted by molar-refractivity contribution is 6.30. The molecule has 3 heterocycles. The van der Waals surface area contributed by atoms with Crippen LogP contribution in [0.3, 0.4) is 0 Å². The summed E-state index contributed by atoms with van der Waals surface area (Å²) in [6.07, 6.45) is 2.73. The van der Waals surface area contributed by atoms with E-state index in [1.165, 1.54) is 0 Å². The highest BCUT2D eigenvalue weighted by Crippen LogP contribution is 2.31. The van der Waals surface area contributed by atoms with Crippen molar-refractivity contribution in [3.05, 3.63) is 46.5 Å². The number of likely N-dealkylation sites (tertiary alicyclic amines) is 2. The van der Waals surface area contributed by atoms with Crippen molar-refractivity contribution in [3.8, 4) is 0 Å². The van der Waals surface area contributed by atoms with Crippen molar-refractivity contribution in [1.82, 2.24) is 29.9 Å². The average molecular weight is 445 g/mol. The Bertz CT molecular complexity index is 944. The Morgan fingerprint density at radius 2 is 1.94 bits per heavy atom. The number of aryl methyl sites for hydroxylation is 1. The van der Waals surface area contributed by atoms with Gasteiger partial charge in [-0.25, -0.2) is 4.79 Å². The first-order valence-electron chi connectivity index (χ1n) is 10.9. The molecule has 0 spiro atoms. The molecule has 8 nitrogen and oxygen atoms in total. The highest BCUT2D eigenvalue weighted by atomic mass is 35.5. The van der Waals surface area contributed by atoms with Crippen LogP contribution in [0.4, 0.5) is 4.79 Å². The number of nitrogens with one attached hydrogen (secondary N) is 1. The minimum absolute atomic E-state index is 0.0672. The molecule has 1 aromatic heterocycles. The lowest BCUT2D eigenvalue weighted by Gasteiger charge is -2.26. The molecule has 0 aliphatic carbocycles. The fraction of sp³-hybridized carbons (Fsp3) is 0.545. The summed E-state index contributed by atoms with van der Waals surface area (Å²) in [6, 6.07) is 7.59. The van der Waals surface area contributed by atoms with Crippen molar-refractivity contribution < 1.29 is 9.59 Å². The van der Waals surface area contributed by atoms with Crippen molar-refractivity contribution >= 4 is 23.5 Å². The summed E-state index contributed by atoms with van der Waals surface area (Å²) < 4.78 is 2.08. The van der Waals surface area contributed by atoms with Gasteiger partial charge in [-0.15, -0.1) is 10.2 Å². The molecule has 9 heteroatoms. The van der Waals surface area contributed by atoms with Crippen LogP contribution in [0.5, 0.6) is 0 Å². The van der Waals surface area contributed by atoms with E-state index in [1.54, 1.807) is 6.92 Å². The molecule has 4 rings (SSSR count). The van der Waals surface area contributed by atoms with E-state index in [-0.39, 0.29) is 18.0 Å². The molecule has 2 atom stereocenters. The second kappa shape index (κ2) is 9.26. The van der Waals surface area contributed by atoms with Gasteiger partial charge in [-0.2, -0.15) is 0 Å². The molecule has 2 saturated heterocycles. The molecule has 1 aromatic carbocycles. The number of urea groups is 1. The van der Waals surface area contributed by atoms with Crippen LogP contribution in [-0.4, -0.2) is 62.7 Å². The SMILES string of the molecule is CC(=O)N1CCC(CNC(=O)N2CCCC2c2nnc(C)n2Cc2ccc(Cl)cc2)C1. The molecule has 3 amide bonds. The highest BCUT2D eigenvalue weighted by Gasteiger charge is 2.34. The van der Waals surface area contributed by atoms with Crippen molar-refractivity contribution in [2.75, 3.05) is 26.2 Å². The zero-order chi connectivity index (χ0) is 22.0. The van der Waals surface area contributed by atoms with Gasteiger partial charge in [-0.1, -0.05) is 23.7 Å².